The van der Waals surface area contributed by atoms with Gasteiger partial charge in [-0.05, 0) is 63.5 Å². The molecule has 0 spiro atoms. The summed E-state index contributed by atoms with van der Waals surface area (Å²) in [7, 11) is 3.07. The number of rotatable bonds is 6. The highest BCUT2D eigenvalue weighted by Crippen LogP contribution is 2.35. The van der Waals surface area contributed by atoms with Crippen molar-refractivity contribution in [2.45, 2.75) is 63.8 Å². The van der Waals surface area contributed by atoms with Crippen LogP contribution in [0.1, 0.15) is 59.9 Å². The number of amides is 1. The Labute approximate surface area is 235 Å². The average molecular weight is 552 g/mol. The van der Waals surface area contributed by atoms with E-state index in [1.54, 1.807) is 43.5 Å². The molecule has 4 atom stereocenters. The van der Waals surface area contributed by atoms with Crippen LogP contribution >= 0.6 is 0 Å². The number of esters is 1. The fourth-order valence-corrected chi connectivity index (χ4v) is 4.75. The number of methoxy groups -OCH3 is 2. The van der Waals surface area contributed by atoms with Gasteiger partial charge in [0.05, 0.1) is 24.3 Å². The summed E-state index contributed by atoms with van der Waals surface area (Å²) in [4.78, 5) is 26.5. The van der Waals surface area contributed by atoms with E-state index in [9.17, 15) is 9.59 Å². The topological polar surface area (TPSA) is 102 Å². The molecule has 2 aliphatic heterocycles. The number of hydrogen-bond acceptors (Lipinski definition) is 8. The van der Waals surface area contributed by atoms with Crippen molar-refractivity contribution in [3.05, 3.63) is 77.4 Å². The van der Waals surface area contributed by atoms with Crippen molar-refractivity contribution in [2.75, 3.05) is 21.0 Å². The molecular formula is C31H37NO8. The molecule has 1 N–H and O–H groups in total. The third-order valence-electron chi connectivity index (χ3n) is 6.56. The molecule has 2 aromatic carbocycles. The normalized spacial score (nSPS) is 25.1. The Kier molecular flexibility index (Phi) is 9.63. The van der Waals surface area contributed by atoms with Crippen molar-refractivity contribution in [2.24, 2.45) is 0 Å². The minimum atomic E-state index is -0.879. The Morgan fingerprint density at radius 2 is 1.85 bits per heavy atom. The van der Waals surface area contributed by atoms with E-state index in [0.29, 0.717) is 41.0 Å². The van der Waals surface area contributed by atoms with E-state index in [1.165, 1.54) is 7.11 Å². The number of fused-ring (bicyclic) bond motifs is 2. The summed E-state index contributed by atoms with van der Waals surface area (Å²) < 4.78 is 34.8. The second-order valence-electron chi connectivity index (χ2n) is 10.2. The van der Waals surface area contributed by atoms with Crippen LogP contribution in [0.25, 0.3) is 6.08 Å². The van der Waals surface area contributed by atoms with Gasteiger partial charge in [-0.3, -0.25) is 4.79 Å². The highest BCUT2D eigenvalue weighted by Gasteiger charge is 2.45. The Bertz CT molecular complexity index is 1240. The zero-order chi connectivity index (χ0) is 28.7. The quantitative estimate of drug-likeness (QED) is 0.307. The predicted molar refractivity (Wildman–Crippen MR) is 149 cm³/mol. The van der Waals surface area contributed by atoms with E-state index in [-0.39, 0.29) is 18.7 Å². The van der Waals surface area contributed by atoms with E-state index in [4.69, 9.17) is 28.4 Å². The maximum Gasteiger partial charge on any atom is 0.338 e. The fraction of sp³-hybridized carbons (Fsp3) is 0.419. The lowest BCUT2D eigenvalue weighted by molar-refractivity contribution is -0.152. The van der Waals surface area contributed by atoms with Crippen LogP contribution in [0.15, 0.2) is 60.7 Å². The van der Waals surface area contributed by atoms with E-state index < -0.39 is 30.1 Å². The van der Waals surface area contributed by atoms with E-state index >= 15 is 0 Å². The smallest absolute Gasteiger partial charge is 0.338 e. The SMILES string of the molecule is COCOc1cc(OC)cc2c1C(=O)NC(C)C/C=C\C(OC(=O)c1ccccc1)[C@H]1OC(C)(C)O[C@H]1CC=C2. The Morgan fingerprint density at radius 3 is 2.58 bits per heavy atom. The van der Waals surface area contributed by atoms with Gasteiger partial charge in [0.25, 0.3) is 5.91 Å². The van der Waals surface area contributed by atoms with Gasteiger partial charge in [0.2, 0.25) is 0 Å². The zero-order valence-corrected chi connectivity index (χ0v) is 23.5. The van der Waals surface area contributed by atoms with Gasteiger partial charge in [-0.15, -0.1) is 0 Å². The molecule has 2 unspecified atom stereocenters. The minimum absolute atomic E-state index is 0.0258. The van der Waals surface area contributed by atoms with Gasteiger partial charge in [0, 0.05) is 19.2 Å². The number of nitrogens with one attached hydrogen (secondary N) is 1. The number of hydrogen-bond donors (Lipinski definition) is 1. The van der Waals surface area contributed by atoms with Crippen LogP contribution in [0.5, 0.6) is 11.5 Å². The molecule has 0 radical (unpaired) electrons. The van der Waals surface area contributed by atoms with Crippen molar-refractivity contribution in [3.63, 3.8) is 0 Å². The van der Waals surface area contributed by atoms with Gasteiger partial charge in [-0.25, -0.2) is 4.79 Å². The second kappa shape index (κ2) is 13.1. The molecule has 4 rings (SSSR count). The molecule has 2 aliphatic rings. The van der Waals surface area contributed by atoms with Crippen LogP contribution < -0.4 is 14.8 Å². The zero-order valence-electron chi connectivity index (χ0n) is 23.5. The van der Waals surface area contributed by atoms with Crippen molar-refractivity contribution in [3.8, 4) is 11.5 Å². The summed E-state index contributed by atoms with van der Waals surface area (Å²) in [5.74, 6) is -0.745. The van der Waals surface area contributed by atoms with Gasteiger partial charge < -0.3 is 33.7 Å². The molecular weight excluding hydrogens is 514 g/mol. The summed E-state index contributed by atoms with van der Waals surface area (Å²) in [6.45, 7) is 5.54. The third kappa shape index (κ3) is 7.29. The summed E-state index contributed by atoms with van der Waals surface area (Å²) in [5, 5.41) is 3.04. The Hall–Kier alpha value is -3.66. The highest BCUT2D eigenvalue weighted by molar-refractivity contribution is 6.01. The van der Waals surface area contributed by atoms with E-state index in [0.717, 1.165) is 0 Å². The van der Waals surface area contributed by atoms with Crippen LogP contribution in [0.4, 0.5) is 0 Å². The van der Waals surface area contributed by atoms with Crippen LogP contribution in [-0.2, 0) is 18.9 Å². The largest absolute Gasteiger partial charge is 0.497 e. The molecule has 0 aliphatic carbocycles. The standard InChI is InChI=1S/C31H37NO8/c1-20-11-9-15-24(38-30(34)21-12-7-6-8-13-21)28-25(39-31(2,3)40-28)16-10-14-22-17-23(36-5)18-26(37-19-35-4)27(22)29(33)32-20/h6-10,12-15,17-18,20,24-25,28H,11,16,19H2,1-5H3,(H,32,33)/b14-10?,15-9-/t20?,24?,25-,28+/m0/s1. The number of carbonyl (C=O) groups is 2. The summed E-state index contributed by atoms with van der Waals surface area (Å²) in [5.41, 5.74) is 1.43. The first kappa shape index (κ1) is 29.3. The van der Waals surface area contributed by atoms with Crippen LogP contribution in [0, 0.1) is 0 Å². The van der Waals surface area contributed by atoms with E-state index in [1.807, 2.05) is 51.1 Å². The molecule has 0 bridgehead atoms. The monoisotopic (exact) mass is 551 g/mol. The molecule has 214 valence electrons. The maximum atomic E-state index is 13.5. The first-order valence-electron chi connectivity index (χ1n) is 13.3. The van der Waals surface area contributed by atoms with Crippen LogP contribution in [-0.4, -0.2) is 63.0 Å². The summed E-state index contributed by atoms with van der Waals surface area (Å²) >= 11 is 0. The lowest BCUT2D eigenvalue weighted by atomic mass is 10.00. The number of benzene rings is 2. The lowest BCUT2D eigenvalue weighted by Gasteiger charge is -2.25. The first-order chi connectivity index (χ1) is 19.2. The Balaban J connectivity index is 1.70. The van der Waals surface area contributed by atoms with Crippen molar-refractivity contribution in [1.82, 2.24) is 5.32 Å². The van der Waals surface area contributed by atoms with Crippen LogP contribution in [0.2, 0.25) is 0 Å². The number of carbonyl (C=O) groups excluding carboxylic acids is 2. The molecule has 40 heavy (non-hydrogen) atoms. The second-order valence-corrected chi connectivity index (χ2v) is 10.2. The fourth-order valence-electron chi connectivity index (χ4n) is 4.75. The third-order valence-corrected chi connectivity index (χ3v) is 6.56. The first-order valence-corrected chi connectivity index (χ1v) is 13.3. The minimum Gasteiger partial charge on any atom is -0.497 e. The molecule has 2 heterocycles. The maximum absolute atomic E-state index is 13.5. The molecule has 9 nitrogen and oxygen atoms in total. The average Bonchev–Trinajstić information content (AvgIpc) is 3.24. The van der Waals surface area contributed by atoms with Gasteiger partial charge in [0.1, 0.15) is 23.7 Å². The lowest BCUT2D eigenvalue weighted by Crippen LogP contribution is -2.38. The van der Waals surface area contributed by atoms with Gasteiger partial charge in [-0.2, -0.15) is 0 Å². The highest BCUT2D eigenvalue weighted by atomic mass is 16.8. The number of ether oxygens (including phenoxy) is 6. The molecule has 0 saturated carbocycles. The molecule has 1 saturated heterocycles. The van der Waals surface area contributed by atoms with Crippen molar-refractivity contribution >= 4 is 18.0 Å². The van der Waals surface area contributed by atoms with Crippen LogP contribution in [0.3, 0.4) is 0 Å². The van der Waals surface area contributed by atoms with Crippen molar-refractivity contribution in [1.29, 1.82) is 0 Å². The van der Waals surface area contributed by atoms with Gasteiger partial charge in [0.15, 0.2) is 12.6 Å². The van der Waals surface area contributed by atoms with Gasteiger partial charge >= 0.3 is 5.97 Å². The van der Waals surface area contributed by atoms with E-state index in [2.05, 4.69) is 5.32 Å². The summed E-state index contributed by atoms with van der Waals surface area (Å²) in [6, 6.07) is 12.0. The molecule has 9 heteroatoms. The van der Waals surface area contributed by atoms with Gasteiger partial charge in [-0.1, -0.05) is 36.4 Å². The molecule has 1 fully saturated rings. The van der Waals surface area contributed by atoms with Crippen molar-refractivity contribution < 1.29 is 38.0 Å². The molecule has 0 aromatic heterocycles. The Morgan fingerprint density at radius 1 is 1.07 bits per heavy atom. The summed E-state index contributed by atoms with van der Waals surface area (Å²) in [6.07, 6.45) is 6.68. The predicted octanol–water partition coefficient (Wildman–Crippen LogP) is 4.91. The molecule has 2 aromatic rings. The molecule has 1 amide bonds.